The quantitative estimate of drug-likeness (QED) is 0.447. The van der Waals surface area contributed by atoms with Crippen LogP contribution in [0.2, 0.25) is 0 Å². The summed E-state index contributed by atoms with van der Waals surface area (Å²) in [6.07, 6.45) is 5.49. The molecule has 0 aliphatic rings. The smallest absolute Gasteiger partial charge is 0.195 e. The number of fused-ring (bicyclic) bond motifs is 3. The van der Waals surface area contributed by atoms with E-state index in [4.69, 9.17) is 0 Å². The Kier molecular flexibility index (Phi) is 3.56. The second kappa shape index (κ2) is 6.22. The fourth-order valence-electron chi connectivity index (χ4n) is 3.54. The summed E-state index contributed by atoms with van der Waals surface area (Å²) in [6.45, 7) is 0. The highest BCUT2D eigenvalue weighted by Gasteiger charge is 2.16. The van der Waals surface area contributed by atoms with Gasteiger partial charge < -0.3 is 4.40 Å². The van der Waals surface area contributed by atoms with E-state index in [0.29, 0.717) is 16.7 Å². The van der Waals surface area contributed by atoms with Gasteiger partial charge in [-0.15, -0.1) is 0 Å². The highest BCUT2D eigenvalue weighted by molar-refractivity contribution is 6.16. The Morgan fingerprint density at radius 3 is 2.57 bits per heavy atom. The topological polar surface area (TPSA) is 63.1 Å². The molecule has 0 atom stereocenters. The maximum atomic E-state index is 13.3. The van der Waals surface area contributed by atoms with E-state index < -0.39 is 0 Å². The molecule has 0 saturated carbocycles. The molecule has 0 radical (unpaired) electrons. The molecule has 2 aromatic carbocycles. The molecule has 5 rings (SSSR count). The maximum Gasteiger partial charge on any atom is 0.195 e. The van der Waals surface area contributed by atoms with Gasteiger partial charge in [0.25, 0.3) is 0 Å². The van der Waals surface area contributed by atoms with Gasteiger partial charge in [-0.25, -0.2) is 4.68 Å². The van der Waals surface area contributed by atoms with Gasteiger partial charge in [0.05, 0.1) is 22.8 Å². The number of benzene rings is 2. The number of carbonyl (C=O) groups excluding carboxylic acids is 1. The molecule has 0 fully saturated rings. The normalized spacial score (nSPS) is 11.0. The summed E-state index contributed by atoms with van der Waals surface area (Å²) in [6, 6.07) is 22.7. The van der Waals surface area contributed by atoms with Gasteiger partial charge in [0.15, 0.2) is 5.78 Å². The second-order valence-corrected chi connectivity index (χ2v) is 6.54. The van der Waals surface area contributed by atoms with Crippen LogP contribution in [0.25, 0.3) is 22.1 Å². The Hall–Kier alpha value is -4.17. The van der Waals surface area contributed by atoms with Crippen LogP contribution in [0.1, 0.15) is 21.5 Å². The molecular formula is C23H14N4O. The molecule has 5 nitrogen and oxygen atoms in total. The maximum absolute atomic E-state index is 13.3. The van der Waals surface area contributed by atoms with E-state index in [1.54, 1.807) is 29.1 Å². The number of hydrogen-bond donors (Lipinski definition) is 0. The number of carbonyl (C=O) groups is 1. The first-order chi connectivity index (χ1) is 13.7. The van der Waals surface area contributed by atoms with Gasteiger partial charge in [-0.2, -0.15) is 10.4 Å². The summed E-state index contributed by atoms with van der Waals surface area (Å²) in [7, 11) is 0. The minimum atomic E-state index is -0.115. The predicted octanol–water partition coefficient (Wildman–Crippen LogP) is 4.38. The van der Waals surface area contributed by atoms with Crippen molar-refractivity contribution in [2.24, 2.45) is 0 Å². The van der Waals surface area contributed by atoms with E-state index in [0.717, 1.165) is 22.1 Å². The minimum Gasteiger partial charge on any atom is -0.316 e. The minimum absolute atomic E-state index is 0.115. The molecule has 0 N–H and O–H groups in total. The van der Waals surface area contributed by atoms with Crippen molar-refractivity contribution in [3.05, 3.63) is 102 Å². The first-order valence-corrected chi connectivity index (χ1v) is 8.83. The van der Waals surface area contributed by atoms with E-state index in [1.807, 2.05) is 65.3 Å². The summed E-state index contributed by atoms with van der Waals surface area (Å²) in [5.41, 5.74) is 4.24. The third-order valence-electron chi connectivity index (χ3n) is 4.87. The molecule has 28 heavy (non-hydrogen) atoms. The molecule has 0 amide bonds. The van der Waals surface area contributed by atoms with Crippen molar-refractivity contribution in [2.75, 3.05) is 0 Å². The zero-order chi connectivity index (χ0) is 19.1. The van der Waals surface area contributed by atoms with Crippen LogP contribution in [-0.2, 0) is 0 Å². The van der Waals surface area contributed by atoms with E-state index in [9.17, 15) is 10.1 Å². The number of nitriles is 1. The van der Waals surface area contributed by atoms with Crippen LogP contribution in [0.15, 0.2) is 85.3 Å². The molecule has 132 valence electrons. The number of nitrogens with zero attached hydrogens (tertiary/aromatic N) is 4. The van der Waals surface area contributed by atoms with Crippen molar-refractivity contribution in [1.29, 1.82) is 5.26 Å². The van der Waals surface area contributed by atoms with E-state index in [-0.39, 0.29) is 5.78 Å². The average Bonchev–Trinajstić information content (AvgIpc) is 3.44. The molecule has 3 heterocycles. The van der Waals surface area contributed by atoms with Gasteiger partial charge in [0.1, 0.15) is 0 Å². The third-order valence-corrected chi connectivity index (χ3v) is 4.87. The van der Waals surface area contributed by atoms with Crippen molar-refractivity contribution >= 4 is 22.2 Å². The Morgan fingerprint density at radius 2 is 1.82 bits per heavy atom. The molecule has 0 spiro atoms. The molecule has 5 aromatic rings. The number of ketones is 1. The van der Waals surface area contributed by atoms with Gasteiger partial charge in [0, 0.05) is 40.6 Å². The predicted molar refractivity (Wildman–Crippen MR) is 107 cm³/mol. The molecule has 0 unspecified atom stereocenters. The number of aromatic nitrogens is 3. The van der Waals surface area contributed by atoms with Crippen LogP contribution in [0.5, 0.6) is 0 Å². The molecule has 0 aliphatic carbocycles. The van der Waals surface area contributed by atoms with Crippen molar-refractivity contribution in [3.63, 3.8) is 0 Å². The van der Waals surface area contributed by atoms with E-state index >= 15 is 0 Å². The standard InChI is InChI=1S/C23H14N4O/c24-15-16-13-18-6-7-19-3-1-11-26(19)22(18)21(14-16)23(28)17-4-8-20(9-5-17)27-12-2-10-25-27/h1-14H. The fourth-order valence-corrected chi connectivity index (χ4v) is 3.54. The summed E-state index contributed by atoms with van der Waals surface area (Å²) in [4.78, 5) is 13.3. The lowest BCUT2D eigenvalue weighted by Gasteiger charge is -2.11. The van der Waals surface area contributed by atoms with Crippen LogP contribution in [0.4, 0.5) is 0 Å². The van der Waals surface area contributed by atoms with Gasteiger partial charge in [0.2, 0.25) is 0 Å². The van der Waals surface area contributed by atoms with Crippen LogP contribution < -0.4 is 0 Å². The summed E-state index contributed by atoms with van der Waals surface area (Å²) in [5.74, 6) is -0.115. The van der Waals surface area contributed by atoms with Crippen molar-refractivity contribution < 1.29 is 4.79 Å². The van der Waals surface area contributed by atoms with Crippen LogP contribution in [0, 0.1) is 11.3 Å². The van der Waals surface area contributed by atoms with Gasteiger partial charge in [-0.1, -0.05) is 6.07 Å². The zero-order valence-corrected chi connectivity index (χ0v) is 14.8. The Balaban J connectivity index is 1.68. The molecule has 0 aliphatic heterocycles. The molecule has 0 bridgehead atoms. The monoisotopic (exact) mass is 362 g/mol. The SMILES string of the molecule is N#Cc1cc(C(=O)c2ccc(-n3cccn3)cc2)c2c(ccc3cccn32)c1. The fraction of sp³-hybridized carbons (Fsp3) is 0. The first kappa shape index (κ1) is 16.0. The summed E-state index contributed by atoms with van der Waals surface area (Å²) < 4.78 is 3.73. The van der Waals surface area contributed by atoms with Crippen molar-refractivity contribution in [3.8, 4) is 11.8 Å². The number of hydrogen-bond acceptors (Lipinski definition) is 3. The molecule has 3 aromatic heterocycles. The second-order valence-electron chi connectivity index (χ2n) is 6.54. The lowest BCUT2D eigenvalue weighted by molar-refractivity contribution is 0.104. The average molecular weight is 362 g/mol. The highest BCUT2D eigenvalue weighted by Crippen LogP contribution is 2.26. The number of pyridine rings is 1. The lowest BCUT2D eigenvalue weighted by Crippen LogP contribution is -2.06. The Labute approximate surface area is 160 Å². The summed E-state index contributed by atoms with van der Waals surface area (Å²) in [5, 5.41) is 14.5. The van der Waals surface area contributed by atoms with Crippen LogP contribution in [-0.4, -0.2) is 20.0 Å². The van der Waals surface area contributed by atoms with E-state index in [2.05, 4.69) is 11.2 Å². The third kappa shape index (κ3) is 2.48. The largest absolute Gasteiger partial charge is 0.316 e. The lowest BCUT2D eigenvalue weighted by atomic mass is 9.97. The molecular weight excluding hydrogens is 348 g/mol. The van der Waals surface area contributed by atoms with E-state index in [1.165, 1.54) is 0 Å². The Bertz CT molecular complexity index is 1370. The highest BCUT2D eigenvalue weighted by atomic mass is 16.1. The molecule has 5 heteroatoms. The van der Waals surface area contributed by atoms with Crippen molar-refractivity contribution in [1.82, 2.24) is 14.2 Å². The van der Waals surface area contributed by atoms with Gasteiger partial charge in [-0.05, 0) is 60.7 Å². The van der Waals surface area contributed by atoms with Crippen molar-refractivity contribution in [2.45, 2.75) is 0 Å². The van der Waals surface area contributed by atoms with Gasteiger partial charge in [-0.3, -0.25) is 4.79 Å². The molecule has 0 saturated heterocycles. The number of rotatable bonds is 3. The van der Waals surface area contributed by atoms with Crippen LogP contribution >= 0.6 is 0 Å². The van der Waals surface area contributed by atoms with Gasteiger partial charge >= 0.3 is 0 Å². The first-order valence-electron chi connectivity index (χ1n) is 8.83. The van der Waals surface area contributed by atoms with Crippen LogP contribution in [0.3, 0.4) is 0 Å². The Morgan fingerprint density at radius 1 is 0.964 bits per heavy atom. The zero-order valence-electron chi connectivity index (χ0n) is 14.8. The summed E-state index contributed by atoms with van der Waals surface area (Å²) >= 11 is 0.